The SMILES string of the molecule is C=C1[C@H](O)C[C@]2(C(=O)c3cccn3COCC[Si](C)(C)C)C[C@H]1OC(=O)O2. The van der Waals surface area contributed by atoms with Gasteiger partial charge in [-0.05, 0) is 23.7 Å². The summed E-state index contributed by atoms with van der Waals surface area (Å²) in [5.41, 5.74) is -0.647. The number of fused-ring (bicyclic) bond motifs is 2. The Morgan fingerprint density at radius 3 is 2.89 bits per heavy atom. The molecule has 0 unspecified atom stereocenters. The average molecular weight is 394 g/mol. The number of aliphatic hydroxyl groups is 1. The van der Waals surface area contributed by atoms with Crippen molar-refractivity contribution in [2.45, 2.75) is 63.1 Å². The molecular formula is C19H27NO6Si. The second kappa shape index (κ2) is 7.25. The predicted molar refractivity (Wildman–Crippen MR) is 101 cm³/mol. The first kappa shape index (κ1) is 19.8. The van der Waals surface area contributed by atoms with Gasteiger partial charge in [0.2, 0.25) is 5.78 Å². The van der Waals surface area contributed by atoms with Gasteiger partial charge in [-0.15, -0.1) is 0 Å². The number of hydrogen-bond donors (Lipinski definition) is 1. The van der Waals surface area contributed by atoms with Gasteiger partial charge in [0.25, 0.3) is 0 Å². The molecule has 1 N–H and O–H groups in total. The molecule has 1 saturated heterocycles. The third-order valence-corrected chi connectivity index (χ3v) is 6.80. The lowest BCUT2D eigenvalue weighted by molar-refractivity contribution is -0.121. The molecule has 0 spiro atoms. The first-order valence-corrected chi connectivity index (χ1v) is 12.9. The van der Waals surface area contributed by atoms with Crippen LogP contribution in [0.25, 0.3) is 0 Å². The van der Waals surface area contributed by atoms with Gasteiger partial charge in [0, 0.05) is 33.7 Å². The zero-order valence-corrected chi connectivity index (χ0v) is 17.1. The number of hydrogen-bond acceptors (Lipinski definition) is 6. The summed E-state index contributed by atoms with van der Waals surface area (Å²) in [5.74, 6) is -0.352. The highest BCUT2D eigenvalue weighted by Crippen LogP contribution is 2.42. The minimum Gasteiger partial charge on any atom is -0.426 e. The summed E-state index contributed by atoms with van der Waals surface area (Å²) < 4.78 is 17.8. The van der Waals surface area contributed by atoms with Gasteiger partial charge < -0.3 is 23.9 Å². The van der Waals surface area contributed by atoms with E-state index in [0.717, 1.165) is 6.04 Å². The molecule has 1 aromatic heterocycles. The van der Waals surface area contributed by atoms with Crippen LogP contribution >= 0.6 is 0 Å². The lowest BCUT2D eigenvalue weighted by Crippen LogP contribution is -2.57. The van der Waals surface area contributed by atoms with Crippen molar-refractivity contribution in [2.24, 2.45) is 0 Å². The molecule has 0 radical (unpaired) electrons. The number of carbonyl (C=O) groups excluding carboxylic acids is 2. The van der Waals surface area contributed by atoms with E-state index in [-0.39, 0.29) is 25.4 Å². The van der Waals surface area contributed by atoms with Crippen LogP contribution in [0.4, 0.5) is 4.79 Å². The number of nitrogens with zero attached hydrogens (tertiary/aromatic N) is 1. The summed E-state index contributed by atoms with van der Waals surface area (Å²) in [7, 11) is -1.19. The van der Waals surface area contributed by atoms with Crippen molar-refractivity contribution in [2.75, 3.05) is 6.61 Å². The zero-order chi connectivity index (χ0) is 19.8. The Bertz CT molecular complexity index is 748. The van der Waals surface area contributed by atoms with Crippen molar-refractivity contribution in [3.05, 3.63) is 36.2 Å². The van der Waals surface area contributed by atoms with E-state index in [1.807, 2.05) is 0 Å². The molecule has 7 nitrogen and oxygen atoms in total. The van der Waals surface area contributed by atoms with E-state index in [9.17, 15) is 14.7 Å². The number of aromatic nitrogens is 1. The van der Waals surface area contributed by atoms with Crippen molar-refractivity contribution < 1.29 is 28.9 Å². The van der Waals surface area contributed by atoms with Crippen molar-refractivity contribution in [3.63, 3.8) is 0 Å². The van der Waals surface area contributed by atoms with Crippen LogP contribution in [0.2, 0.25) is 25.7 Å². The molecule has 1 aliphatic heterocycles. The quantitative estimate of drug-likeness (QED) is 0.252. The van der Waals surface area contributed by atoms with Crippen molar-refractivity contribution in [3.8, 4) is 0 Å². The van der Waals surface area contributed by atoms with Gasteiger partial charge in [0.1, 0.15) is 12.8 Å². The van der Waals surface area contributed by atoms with Crippen molar-refractivity contribution in [1.29, 1.82) is 0 Å². The first-order valence-electron chi connectivity index (χ1n) is 9.15. The maximum absolute atomic E-state index is 13.3. The molecule has 3 atom stereocenters. The normalized spacial score (nSPS) is 27.9. The molecular weight excluding hydrogens is 366 g/mol. The number of Topliss-reactive ketones (excluding diaryl/α,β-unsaturated/α-hetero) is 1. The van der Waals surface area contributed by atoms with Gasteiger partial charge in [-0.3, -0.25) is 4.79 Å². The Kier molecular flexibility index (Phi) is 5.33. The maximum Gasteiger partial charge on any atom is 0.509 e. The summed E-state index contributed by atoms with van der Waals surface area (Å²) in [5, 5.41) is 10.2. The van der Waals surface area contributed by atoms with Gasteiger partial charge >= 0.3 is 6.16 Å². The molecule has 148 valence electrons. The zero-order valence-electron chi connectivity index (χ0n) is 16.1. The minimum absolute atomic E-state index is 0.0159. The molecule has 2 bridgehead atoms. The number of ether oxygens (including phenoxy) is 3. The van der Waals surface area contributed by atoms with Crippen LogP contribution in [0.1, 0.15) is 23.3 Å². The first-order chi connectivity index (χ1) is 12.6. The summed E-state index contributed by atoms with van der Waals surface area (Å²) in [6, 6.07) is 4.46. The summed E-state index contributed by atoms with van der Waals surface area (Å²) in [6.07, 6.45) is -0.674. The highest BCUT2D eigenvalue weighted by atomic mass is 28.3. The van der Waals surface area contributed by atoms with Gasteiger partial charge in [0.15, 0.2) is 5.60 Å². The molecule has 8 heteroatoms. The molecule has 0 amide bonds. The summed E-state index contributed by atoms with van der Waals surface area (Å²) in [4.78, 5) is 25.1. The number of aliphatic hydroxyl groups excluding tert-OH is 1. The van der Waals surface area contributed by atoms with E-state index in [2.05, 4.69) is 26.2 Å². The Morgan fingerprint density at radius 2 is 2.19 bits per heavy atom. The van der Waals surface area contributed by atoms with Gasteiger partial charge in [-0.25, -0.2) is 4.79 Å². The van der Waals surface area contributed by atoms with Crippen LogP contribution < -0.4 is 0 Å². The van der Waals surface area contributed by atoms with Crippen LogP contribution in [-0.4, -0.2) is 54.1 Å². The molecule has 1 saturated carbocycles. The largest absolute Gasteiger partial charge is 0.509 e. The van der Waals surface area contributed by atoms with Gasteiger partial charge in [-0.2, -0.15) is 0 Å². The molecule has 3 rings (SSSR count). The number of ketones is 1. The standard InChI is InChI=1S/C19H27NO6Si/c1-13-15(21)10-19(11-16(13)25-18(23)26-19)17(22)14-6-5-7-20(14)12-24-8-9-27(2,3)4/h5-7,15-16,21H,1,8-12H2,2-4H3/t15-,16-,19-/m1/s1. The number of rotatable bonds is 7. The molecule has 1 aromatic rings. The van der Waals surface area contributed by atoms with E-state index in [1.165, 1.54) is 0 Å². The lowest BCUT2D eigenvalue weighted by Gasteiger charge is -2.45. The van der Waals surface area contributed by atoms with E-state index in [0.29, 0.717) is 17.9 Å². The maximum atomic E-state index is 13.3. The fraction of sp³-hybridized carbons (Fsp3) is 0.579. The summed E-state index contributed by atoms with van der Waals surface area (Å²) in [6.45, 7) is 11.5. The second-order valence-corrected chi connectivity index (χ2v) is 14.1. The Balaban J connectivity index is 1.75. The fourth-order valence-electron chi connectivity index (χ4n) is 3.41. The van der Waals surface area contributed by atoms with Crippen LogP contribution in [0.15, 0.2) is 30.5 Å². The highest BCUT2D eigenvalue weighted by molar-refractivity contribution is 6.76. The average Bonchev–Trinajstić information content (AvgIpc) is 3.03. The lowest BCUT2D eigenvalue weighted by atomic mass is 9.75. The Morgan fingerprint density at radius 1 is 1.44 bits per heavy atom. The molecule has 2 heterocycles. The van der Waals surface area contributed by atoms with Crippen LogP contribution in [-0.2, 0) is 20.9 Å². The molecule has 2 fully saturated rings. The monoisotopic (exact) mass is 393 g/mol. The topological polar surface area (TPSA) is 87.0 Å². The second-order valence-electron chi connectivity index (χ2n) is 8.49. The van der Waals surface area contributed by atoms with E-state index in [1.54, 1.807) is 22.9 Å². The highest BCUT2D eigenvalue weighted by Gasteiger charge is 2.56. The minimum atomic E-state index is -1.44. The van der Waals surface area contributed by atoms with Crippen molar-refractivity contribution >= 4 is 20.0 Å². The van der Waals surface area contributed by atoms with Crippen LogP contribution in [0.5, 0.6) is 0 Å². The number of carbonyl (C=O) groups is 2. The molecule has 27 heavy (non-hydrogen) atoms. The summed E-state index contributed by atoms with van der Waals surface area (Å²) >= 11 is 0. The van der Waals surface area contributed by atoms with E-state index < -0.39 is 32.0 Å². The van der Waals surface area contributed by atoms with Crippen LogP contribution in [0.3, 0.4) is 0 Å². The fourth-order valence-corrected chi connectivity index (χ4v) is 4.17. The van der Waals surface area contributed by atoms with Gasteiger partial charge in [0.05, 0.1) is 11.8 Å². The van der Waals surface area contributed by atoms with E-state index >= 15 is 0 Å². The molecule has 1 aliphatic carbocycles. The van der Waals surface area contributed by atoms with Crippen molar-refractivity contribution in [1.82, 2.24) is 4.57 Å². The van der Waals surface area contributed by atoms with E-state index in [4.69, 9.17) is 14.2 Å². The third-order valence-electron chi connectivity index (χ3n) is 5.10. The molecule has 0 aromatic carbocycles. The smallest absolute Gasteiger partial charge is 0.426 e. The Labute approximate surface area is 159 Å². The third kappa shape index (κ3) is 4.17. The van der Waals surface area contributed by atoms with Crippen LogP contribution in [0, 0.1) is 0 Å². The molecule has 2 aliphatic rings. The van der Waals surface area contributed by atoms with Gasteiger partial charge in [-0.1, -0.05) is 26.2 Å². The predicted octanol–water partition coefficient (Wildman–Crippen LogP) is 2.97. The Hall–Kier alpha value is -1.90.